The lowest BCUT2D eigenvalue weighted by atomic mass is 9.96. The van der Waals surface area contributed by atoms with Crippen LogP contribution >= 0.6 is 24.0 Å². The number of hydrogen-bond donors (Lipinski definition) is 2. The van der Waals surface area contributed by atoms with Crippen LogP contribution in [0.25, 0.3) is 0 Å². The number of amides is 2. The van der Waals surface area contributed by atoms with Gasteiger partial charge in [-0.3, -0.25) is 9.59 Å². The Morgan fingerprint density at radius 3 is 2.87 bits per heavy atom. The molecule has 5 nitrogen and oxygen atoms in total. The Balaban J connectivity index is 0.00000264. The first-order valence-corrected chi connectivity index (χ1v) is 7.63. The Labute approximate surface area is 145 Å². The summed E-state index contributed by atoms with van der Waals surface area (Å²) in [6.45, 7) is 1.56. The maximum absolute atomic E-state index is 13.8. The third kappa shape index (κ3) is 5.06. The predicted molar refractivity (Wildman–Crippen MR) is 89.3 cm³/mol. The molecule has 8 heteroatoms. The first-order chi connectivity index (χ1) is 10.5. The molecule has 0 radical (unpaired) electrons. The molecule has 1 aliphatic rings. The summed E-state index contributed by atoms with van der Waals surface area (Å²) in [5, 5.41) is 3.03. The van der Waals surface area contributed by atoms with E-state index in [9.17, 15) is 14.0 Å². The summed E-state index contributed by atoms with van der Waals surface area (Å²) >= 11 is 5.82. The Hall–Kier alpha value is -1.37. The largest absolute Gasteiger partial charge is 0.355 e. The molecule has 0 saturated carbocycles. The fourth-order valence-corrected chi connectivity index (χ4v) is 2.72. The van der Waals surface area contributed by atoms with Gasteiger partial charge in [-0.15, -0.1) is 12.4 Å². The normalized spacial score (nSPS) is 17.3. The molecule has 1 atom stereocenters. The van der Waals surface area contributed by atoms with Crippen molar-refractivity contribution in [3.63, 3.8) is 0 Å². The second-order valence-corrected chi connectivity index (χ2v) is 5.73. The topological polar surface area (TPSA) is 75.4 Å². The summed E-state index contributed by atoms with van der Waals surface area (Å²) in [5.74, 6) is -1.44. The van der Waals surface area contributed by atoms with Gasteiger partial charge in [0.05, 0.1) is 11.5 Å². The van der Waals surface area contributed by atoms with Gasteiger partial charge in [0.2, 0.25) is 5.91 Å². The Morgan fingerprint density at radius 1 is 1.43 bits per heavy atom. The Morgan fingerprint density at radius 2 is 2.17 bits per heavy atom. The van der Waals surface area contributed by atoms with Gasteiger partial charge in [-0.1, -0.05) is 11.6 Å². The SMILES string of the molecule is Cl.NCCNC(=O)C1CCCN(C(=O)c2cc(Cl)ccc2F)C1. The molecule has 23 heavy (non-hydrogen) atoms. The van der Waals surface area contributed by atoms with Crippen molar-refractivity contribution in [3.8, 4) is 0 Å². The van der Waals surface area contributed by atoms with Crippen molar-refractivity contribution >= 4 is 35.8 Å². The van der Waals surface area contributed by atoms with Crippen LogP contribution in [0.5, 0.6) is 0 Å². The molecule has 0 aromatic heterocycles. The minimum Gasteiger partial charge on any atom is -0.355 e. The monoisotopic (exact) mass is 363 g/mol. The Bertz CT molecular complexity index is 572. The second-order valence-electron chi connectivity index (χ2n) is 5.29. The summed E-state index contributed by atoms with van der Waals surface area (Å²) in [7, 11) is 0. The molecule has 1 fully saturated rings. The van der Waals surface area contributed by atoms with Gasteiger partial charge in [0.15, 0.2) is 0 Å². The molecule has 128 valence electrons. The van der Waals surface area contributed by atoms with Crippen molar-refractivity contribution in [3.05, 3.63) is 34.6 Å². The second kappa shape index (κ2) is 9.05. The molecule has 1 unspecified atom stereocenters. The van der Waals surface area contributed by atoms with Crippen molar-refractivity contribution in [2.24, 2.45) is 11.7 Å². The lowest BCUT2D eigenvalue weighted by molar-refractivity contribution is -0.126. The predicted octanol–water partition coefficient (Wildman–Crippen LogP) is 1.83. The molecule has 1 heterocycles. The highest BCUT2D eigenvalue weighted by Gasteiger charge is 2.29. The van der Waals surface area contributed by atoms with E-state index in [2.05, 4.69) is 5.32 Å². The first kappa shape index (κ1) is 19.7. The zero-order valence-electron chi connectivity index (χ0n) is 12.6. The van der Waals surface area contributed by atoms with Crippen LogP contribution in [0, 0.1) is 11.7 Å². The summed E-state index contributed by atoms with van der Waals surface area (Å²) < 4.78 is 13.8. The number of likely N-dealkylation sites (tertiary alicyclic amines) is 1. The van der Waals surface area contributed by atoms with Crippen LogP contribution in [0.15, 0.2) is 18.2 Å². The molecule has 2 rings (SSSR count). The lowest BCUT2D eigenvalue weighted by Gasteiger charge is -2.32. The standard InChI is InChI=1S/C15H19ClFN3O2.ClH/c16-11-3-4-13(17)12(8-11)15(22)20-7-1-2-10(9-20)14(21)19-6-5-18;/h3-4,8,10H,1-2,5-7,9,18H2,(H,19,21);1H. The summed E-state index contributed by atoms with van der Waals surface area (Å²) in [4.78, 5) is 25.9. The average molecular weight is 364 g/mol. The fraction of sp³-hybridized carbons (Fsp3) is 0.467. The third-order valence-corrected chi connectivity index (χ3v) is 3.92. The number of nitrogens with one attached hydrogen (secondary N) is 1. The van der Waals surface area contributed by atoms with Gasteiger partial charge < -0.3 is 16.0 Å². The van der Waals surface area contributed by atoms with Crippen molar-refractivity contribution in [1.29, 1.82) is 0 Å². The summed E-state index contributed by atoms with van der Waals surface area (Å²) in [6.07, 6.45) is 1.41. The molecule has 3 N–H and O–H groups in total. The number of carbonyl (C=O) groups excluding carboxylic acids is 2. The smallest absolute Gasteiger partial charge is 0.256 e. The first-order valence-electron chi connectivity index (χ1n) is 7.25. The fourth-order valence-electron chi connectivity index (χ4n) is 2.55. The van der Waals surface area contributed by atoms with Crippen LogP contribution in [0.1, 0.15) is 23.2 Å². The van der Waals surface area contributed by atoms with E-state index in [-0.39, 0.29) is 36.3 Å². The van der Waals surface area contributed by atoms with Crippen LogP contribution in [0.3, 0.4) is 0 Å². The molecule has 1 aromatic rings. The van der Waals surface area contributed by atoms with Crippen molar-refractivity contribution in [2.45, 2.75) is 12.8 Å². The summed E-state index contributed by atoms with van der Waals surface area (Å²) in [5.41, 5.74) is 5.30. The highest BCUT2D eigenvalue weighted by Crippen LogP contribution is 2.21. The molecule has 1 saturated heterocycles. The molecular formula is C15H20Cl2FN3O2. The molecule has 1 aromatic carbocycles. The molecule has 0 spiro atoms. The van der Waals surface area contributed by atoms with Crippen LogP contribution in [-0.4, -0.2) is 42.9 Å². The van der Waals surface area contributed by atoms with Gasteiger partial charge >= 0.3 is 0 Å². The number of piperidine rings is 1. The zero-order valence-corrected chi connectivity index (χ0v) is 14.1. The number of carbonyl (C=O) groups is 2. The van der Waals surface area contributed by atoms with Crippen LogP contribution in [-0.2, 0) is 4.79 Å². The van der Waals surface area contributed by atoms with Gasteiger partial charge in [0, 0.05) is 31.2 Å². The Kier molecular flexibility index (Phi) is 7.75. The van der Waals surface area contributed by atoms with E-state index < -0.39 is 11.7 Å². The maximum atomic E-state index is 13.8. The van der Waals surface area contributed by atoms with Crippen molar-refractivity contribution in [1.82, 2.24) is 10.2 Å². The van der Waals surface area contributed by atoms with Crippen LogP contribution in [0.2, 0.25) is 5.02 Å². The van der Waals surface area contributed by atoms with E-state index in [1.807, 2.05) is 0 Å². The minimum atomic E-state index is -0.607. The molecule has 0 bridgehead atoms. The van der Waals surface area contributed by atoms with E-state index in [0.29, 0.717) is 37.5 Å². The highest BCUT2D eigenvalue weighted by molar-refractivity contribution is 6.31. The number of nitrogens with zero attached hydrogens (tertiary/aromatic N) is 1. The molecular weight excluding hydrogens is 344 g/mol. The van der Waals surface area contributed by atoms with Gasteiger partial charge in [-0.2, -0.15) is 0 Å². The van der Waals surface area contributed by atoms with Crippen molar-refractivity contribution < 1.29 is 14.0 Å². The average Bonchev–Trinajstić information content (AvgIpc) is 2.54. The number of nitrogens with two attached hydrogens (primary N) is 1. The van der Waals surface area contributed by atoms with Gasteiger partial charge in [-0.05, 0) is 31.0 Å². The van der Waals surface area contributed by atoms with E-state index in [1.54, 1.807) is 0 Å². The maximum Gasteiger partial charge on any atom is 0.256 e. The minimum absolute atomic E-state index is 0. The zero-order chi connectivity index (χ0) is 16.1. The molecule has 2 amide bonds. The lowest BCUT2D eigenvalue weighted by Crippen LogP contribution is -2.46. The van der Waals surface area contributed by atoms with Gasteiger partial charge in [0.25, 0.3) is 5.91 Å². The molecule has 0 aliphatic carbocycles. The number of hydrogen-bond acceptors (Lipinski definition) is 3. The van der Waals surface area contributed by atoms with E-state index in [4.69, 9.17) is 17.3 Å². The number of rotatable bonds is 4. The quantitative estimate of drug-likeness (QED) is 0.856. The van der Waals surface area contributed by atoms with Crippen molar-refractivity contribution in [2.75, 3.05) is 26.2 Å². The third-order valence-electron chi connectivity index (χ3n) is 3.68. The van der Waals surface area contributed by atoms with E-state index in [0.717, 1.165) is 0 Å². The number of halogens is 3. The van der Waals surface area contributed by atoms with Gasteiger partial charge in [-0.25, -0.2) is 4.39 Å². The van der Waals surface area contributed by atoms with E-state index in [1.165, 1.54) is 23.1 Å². The molecule has 1 aliphatic heterocycles. The van der Waals surface area contributed by atoms with Crippen LogP contribution < -0.4 is 11.1 Å². The highest BCUT2D eigenvalue weighted by atomic mass is 35.5. The van der Waals surface area contributed by atoms with Gasteiger partial charge in [0.1, 0.15) is 5.82 Å². The van der Waals surface area contributed by atoms with E-state index >= 15 is 0 Å². The van der Waals surface area contributed by atoms with Crippen LogP contribution in [0.4, 0.5) is 4.39 Å². The number of benzene rings is 1. The summed E-state index contributed by atoms with van der Waals surface area (Å²) in [6, 6.07) is 3.88.